The van der Waals surface area contributed by atoms with Gasteiger partial charge in [-0.05, 0) is 63.7 Å². The zero-order valence-corrected chi connectivity index (χ0v) is 19.7. The molecule has 1 atom stereocenters. The first-order valence-corrected chi connectivity index (χ1v) is 11.3. The second-order valence-electron chi connectivity index (χ2n) is 8.15. The molecule has 1 unspecified atom stereocenters. The molecule has 1 aromatic carbocycles. The molecule has 0 bridgehead atoms. The van der Waals surface area contributed by atoms with Gasteiger partial charge in [0, 0.05) is 31.4 Å². The fourth-order valence-corrected chi connectivity index (χ4v) is 3.86. The van der Waals surface area contributed by atoms with Crippen LogP contribution in [0.1, 0.15) is 44.1 Å². The van der Waals surface area contributed by atoms with Crippen molar-refractivity contribution in [2.45, 2.75) is 39.7 Å². The molecular weight excluding hydrogens is 420 g/mol. The lowest BCUT2D eigenvalue weighted by Gasteiger charge is -2.20. The van der Waals surface area contributed by atoms with Gasteiger partial charge in [-0.25, -0.2) is 4.68 Å². The Labute approximate surface area is 194 Å². The van der Waals surface area contributed by atoms with Gasteiger partial charge in [0.05, 0.1) is 16.3 Å². The molecule has 0 aliphatic rings. The molecular formula is C24H32N6O3. The highest BCUT2D eigenvalue weighted by Gasteiger charge is 2.21. The SMILES string of the molecule is CCN(CC)CCCC(C)NC(=O)c1cc(-c2cccn2C)nn1-c1cccc([N+](=O)[O-])c1. The van der Waals surface area contributed by atoms with Gasteiger partial charge in [0.15, 0.2) is 0 Å². The van der Waals surface area contributed by atoms with E-state index in [0.29, 0.717) is 17.1 Å². The highest BCUT2D eigenvalue weighted by molar-refractivity contribution is 5.94. The molecule has 2 aromatic heterocycles. The number of carbonyl (C=O) groups is 1. The molecule has 0 saturated heterocycles. The average Bonchev–Trinajstić information content (AvgIpc) is 3.43. The zero-order valence-electron chi connectivity index (χ0n) is 19.7. The Kier molecular flexibility index (Phi) is 8.00. The predicted octanol–water partition coefficient (Wildman–Crippen LogP) is 4.03. The highest BCUT2D eigenvalue weighted by Crippen LogP contribution is 2.24. The van der Waals surface area contributed by atoms with E-state index in [0.717, 1.165) is 38.2 Å². The summed E-state index contributed by atoms with van der Waals surface area (Å²) in [7, 11) is 1.90. The fraction of sp³-hybridized carbons (Fsp3) is 0.417. The Morgan fingerprint density at radius 2 is 1.97 bits per heavy atom. The lowest BCUT2D eigenvalue weighted by molar-refractivity contribution is -0.384. The van der Waals surface area contributed by atoms with Crippen LogP contribution in [0.25, 0.3) is 17.1 Å². The Bertz CT molecular complexity index is 1100. The minimum absolute atomic E-state index is 0.0139. The van der Waals surface area contributed by atoms with Crippen molar-refractivity contribution in [3.63, 3.8) is 0 Å². The number of amides is 1. The maximum Gasteiger partial charge on any atom is 0.271 e. The van der Waals surface area contributed by atoms with Crippen LogP contribution in [-0.2, 0) is 7.05 Å². The Balaban J connectivity index is 1.86. The van der Waals surface area contributed by atoms with Gasteiger partial charge in [0.25, 0.3) is 11.6 Å². The van der Waals surface area contributed by atoms with Crippen molar-refractivity contribution in [3.05, 3.63) is 64.5 Å². The van der Waals surface area contributed by atoms with Crippen LogP contribution in [0.15, 0.2) is 48.7 Å². The van der Waals surface area contributed by atoms with Crippen molar-refractivity contribution >= 4 is 11.6 Å². The van der Waals surface area contributed by atoms with E-state index in [2.05, 4.69) is 29.2 Å². The maximum atomic E-state index is 13.2. The first-order chi connectivity index (χ1) is 15.8. The number of carbonyl (C=O) groups excluding carboxylic acids is 1. The van der Waals surface area contributed by atoms with Crippen molar-refractivity contribution in [2.75, 3.05) is 19.6 Å². The second-order valence-corrected chi connectivity index (χ2v) is 8.15. The monoisotopic (exact) mass is 452 g/mol. The number of hydrogen-bond donors (Lipinski definition) is 1. The zero-order chi connectivity index (χ0) is 24.0. The fourth-order valence-electron chi connectivity index (χ4n) is 3.86. The molecule has 0 radical (unpaired) electrons. The molecule has 9 heteroatoms. The van der Waals surface area contributed by atoms with Crippen LogP contribution in [0, 0.1) is 10.1 Å². The van der Waals surface area contributed by atoms with E-state index in [1.165, 1.54) is 16.8 Å². The Hall–Kier alpha value is -3.46. The summed E-state index contributed by atoms with van der Waals surface area (Å²) in [4.78, 5) is 26.4. The number of nitro benzene ring substituents is 1. The second kappa shape index (κ2) is 10.9. The summed E-state index contributed by atoms with van der Waals surface area (Å²) >= 11 is 0. The molecule has 33 heavy (non-hydrogen) atoms. The summed E-state index contributed by atoms with van der Waals surface area (Å²) in [6.45, 7) is 9.31. The van der Waals surface area contributed by atoms with Gasteiger partial charge in [-0.2, -0.15) is 5.10 Å². The van der Waals surface area contributed by atoms with Gasteiger partial charge < -0.3 is 14.8 Å². The minimum atomic E-state index is -0.456. The van der Waals surface area contributed by atoms with Gasteiger partial charge in [-0.1, -0.05) is 19.9 Å². The van der Waals surface area contributed by atoms with Crippen LogP contribution < -0.4 is 5.32 Å². The number of rotatable bonds is 11. The molecule has 176 valence electrons. The maximum absolute atomic E-state index is 13.2. The summed E-state index contributed by atoms with van der Waals surface area (Å²) < 4.78 is 3.39. The molecule has 1 amide bonds. The van der Waals surface area contributed by atoms with Gasteiger partial charge in [-0.3, -0.25) is 14.9 Å². The molecule has 9 nitrogen and oxygen atoms in total. The molecule has 3 rings (SSSR count). The van der Waals surface area contributed by atoms with E-state index < -0.39 is 4.92 Å². The predicted molar refractivity (Wildman–Crippen MR) is 129 cm³/mol. The summed E-state index contributed by atoms with van der Waals surface area (Å²) in [5, 5.41) is 19.0. The topological polar surface area (TPSA) is 98.2 Å². The van der Waals surface area contributed by atoms with Crippen molar-refractivity contribution in [2.24, 2.45) is 7.05 Å². The molecule has 0 aliphatic carbocycles. The smallest absolute Gasteiger partial charge is 0.271 e. The molecule has 0 saturated carbocycles. The van der Waals surface area contributed by atoms with Gasteiger partial charge in [0.2, 0.25) is 0 Å². The number of aryl methyl sites for hydroxylation is 1. The normalized spacial score (nSPS) is 12.2. The van der Waals surface area contributed by atoms with Crippen molar-refractivity contribution in [3.8, 4) is 17.1 Å². The summed E-state index contributed by atoms with van der Waals surface area (Å²) in [6, 6.07) is 11.7. The van der Waals surface area contributed by atoms with Gasteiger partial charge >= 0.3 is 0 Å². The van der Waals surface area contributed by atoms with Gasteiger partial charge in [-0.15, -0.1) is 0 Å². The van der Waals surface area contributed by atoms with E-state index in [1.807, 2.05) is 36.9 Å². The van der Waals surface area contributed by atoms with Crippen molar-refractivity contribution < 1.29 is 9.72 Å². The molecule has 2 heterocycles. The third-order valence-electron chi connectivity index (χ3n) is 5.82. The van der Waals surface area contributed by atoms with Crippen LogP contribution in [0.2, 0.25) is 0 Å². The van der Waals surface area contributed by atoms with Crippen molar-refractivity contribution in [1.29, 1.82) is 0 Å². The number of hydrogen-bond acceptors (Lipinski definition) is 5. The van der Waals surface area contributed by atoms with E-state index >= 15 is 0 Å². The number of benzene rings is 1. The van der Waals surface area contributed by atoms with Gasteiger partial charge in [0.1, 0.15) is 11.4 Å². The van der Waals surface area contributed by atoms with Crippen molar-refractivity contribution in [1.82, 2.24) is 24.6 Å². The van der Waals surface area contributed by atoms with Crippen LogP contribution in [0.4, 0.5) is 5.69 Å². The van der Waals surface area contributed by atoms with E-state index in [1.54, 1.807) is 18.2 Å². The number of nitrogens with one attached hydrogen (secondary N) is 1. The Morgan fingerprint density at radius 3 is 2.61 bits per heavy atom. The third kappa shape index (κ3) is 5.87. The van der Waals surface area contributed by atoms with Crippen LogP contribution >= 0.6 is 0 Å². The Morgan fingerprint density at radius 1 is 1.21 bits per heavy atom. The van der Waals surface area contributed by atoms with E-state index in [-0.39, 0.29) is 17.6 Å². The van der Waals surface area contributed by atoms with Crippen LogP contribution in [0.5, 0.6) is 0 Å². The van der Waals surface area contributed by atoms with Crippen LogP contribution in [0.3, 0.4) is 0 Å². The minimum Gasteiger partial charge on any atom is -0.349 e. The number of nitrogens with zero attached hydrogens (tertiary/aromatic N) is 5. The lowest BCUT2D eigenvalue weighted by atomic mass is 10.1. The first kappa shape index (κ1) is 24.2. The van der Waals surface area contributed by atoms with Crippen LogP contribution in [-0.4, -0.2) is 55.8 Å². The van der Waals surface area contributed by atoms with E-state index in [9.17, 15) is 14.9 Å². The lowest BCUT2D eigenvalue weighted by Crippen LogP contribution is -2.34. The highest BCUT2D eigenvalue weighted by atomic mass is 16.6. The quantitative estimate of drug-likeness (QED) is 0.350. The van der Waals surface area contributed by atoms with E-state index in [4.69, 9.17) is 0 Å². The number of non-ortho nitro benzene ring substituents is 1. The first-order valence-electron chi connectivity index (χ1n) is 11.3. The third-order valence-corrected chi connectivity index (χ3v) is 5.82. The summed E-state index contributed by atoms with van der Waals surface area (Å²) in [5.41, 5.74) is 2.21. The molecule has 3 aromatic rings. The summed E-state index contributed by atoms with van der Waals surface area (Å²) in [5.74, 6) is -0.259. The average molecular weight is 453 g/mol. The number of nitro groups is 1. The summed E-state index contributed by atoms with van der Waals surface area (Å²) in [6.07, 6.45) is 3.75. The molecule has 0 spiro atoms. The number of aromatic nitrogens is 3. The standard InChI is InChI=1S/C24H32N6O3/c1-5-28(6-2)15-8-10-18(3)25-24(31)23-17-21(22-13-9-14-27(22)4)26-29(23)19-11-7-12-20(16-19)30(32)33/h7,9,11-14,16-18H,5-6,8,10,15H2,1-4H3,(H,25,31). The largest absolute Gasteiger partial charge is 0.349 e. The molecule has 1 N–H and O–H groups in total. The molecule has 0 aliphatic heterocycles. The molecule has 0 fully saturated rings.